The van der Waals surface area contributed by atoms with Crippen LogP contribution in [-0.2, 0) is 5.54 Å². The van der Waals surface area contributed by atoms with Crippen LogP contribution in [0.5, 0.6) is 5.75 Å². The Labute approximate surface area is 85.8 Å². The Kier molecular flexibility index (Phi) is 2.86. The quantitative estimate of drug-likeness (QED) is 0.758. The molecule has 0 saturated carbocycles. The summed E-state index contributed by atoms with van der Waals surface area (Å²) in [6, 6.07) is 5.73. The van der Waals surface area contributed by atoms with Gasteiger partial charge in [0.1, 0.15) is 5.75 Å². The van der Waals surface area contributed by atoms with Gasteiger partial charge in [-0.3, -0.25) is 0 Å². The van der Waals surface area contributed by atoms with Gasteiger partial charge in [0.15, 0.2) is 0 Å². The van der Waals surface area contributed by atoms with Gasteiger partial charge in [-0.1, -0.05) is 26.0 Å². The van der Waals surface area contributed by atoms with Crippen LogP contribution in [0.2, 0.25) is 0 Å². The van der Waals surface area contributed by atoms with E-state index in [4.69, 9.17) is 5.73 Å². The molecule has 1 rings (SSSR count). The van der Waals surface area contributed by atoms with Crippen LogP contribution in [0.3, 0.4) is 0 Å². The Balaban J connectivity index is 3.15. The van der Waals surface area contributed by atoms with Crippen LogP contribution < -0.4 is 5.73 Å². The van der Waals surface area contributed by atoms with E-state index in [-0.39, 0.29) is 0 Å². The fourth-order valence-electron chi connectivity index (χ4n) is 1.45. The van der Waals surface area contributed by atoms with Gasteiger partial charge in [-0.25, -0.2) is 0 Å². The van der Waals surface area contributed by atoms with Crippen LogP contribution >= 0.6 is 0 Å². The minimum Gasteiger partial charge on any atom is -0.508 e. The van der Waals surface area contributed by atoms with Crippen molar-refractivity contribution in [1.82, 2.24) is 0 Å². The van der Waals surface area contributed by atoms with E-state index < -0.39 is 5.54 Å². The zero-order chi connectivity index (χ0) is 10.9. The minimum absolute atomic E-state index is 0.295. The summed E-state index contributed by atoms with van der Waals surface area (Å²) in [6.45, 7) is 7.97. The molecule has 3 N–H and O–H groups in total. The number of aromatic hydroxyl groups is 1. The smallest absolute Gasteiger partial charge is 0.120 e. The van der Waals surface area contributed by atoms with Crippen molar-refractivity contribution in [2.75, 3.05) is 0 Å². The predicted molar refractivity (Wildman–Crippen MR) is 59.4 cm³/mol. The molecule has 1 aromatic carbocycles. The Morgan fingerprint density at radius 2 is 1.86 bits per heavy atom. The summed E-state index contributed by atoms with van der Waals surface area (Å²) in [4.78, 5) is 0. The molecule has 0 aliphatic carbocycles. The number of hydrogen-bond acceptors (Lipinski definition) is 2. The molecule has 2 heteroatoms. The van der Waals surface area contributed by atoms with E-state index in [1.54, 1.807) is 6.07 Å². The average molecular weight is 193 g/mol. The molecule has 14 heavy (non-hydrogen) atoms. The second-order valence-corrected chi connectivity index (χ2v) is 4.65. The molecule has 78 valence electrons. The van der Waals surface area contributed by atoms with Gasteiger partial charge in [0.2, 0.25) is 0 Å². The Morgan fingerprint density at radius 3 is 2.21 bits per heavy atom. The second kappa shape index (κ2) is 3.62. The fourth-order valence-corrected chi connectivity index (χ4v) is 1.45. The van der Waals surface area contributed by atoms with Gasteiger partial charge in [-0.2, -0.15) is 0 Å². The lowest BCUT2D eigenvalue weighted by Gasteiger charge is -2.21. The Hall–Kier alpha value is -1.02. The van der Waals surface area contributed by atoms with Crippen molar-refractivity contribution in [3.8, 4) is 5.75 Å². The van der Waals surface area contributed by atoms with Crippen LogP contribution in [0.15, 0.2) is 18.2 Å². The number of phenols is 1. The Bertz CT molecular complexity index is 324. The molecule has 1 aromatic rings. The van der Waals surface area contributed by atoms with Gasteiger partial charge < -0.3 is 10.8 Å². The lowest BCUT2D eigenvalue weighted by Crippen LogP contribution is -2.28. The lowest BCUT2D eigenvalue weighted by atomic mass is 9.91. The van der Waals surface area contributed by atoms with Crippen molar-refractivity contribution in [2.45, 2.75) is 39.2 Å². The van der Waals surface area contributed by atoms with Crippen LogP contribution in [0.25, 0.3) is 0 Å². The highest BCUT2D eigenvalue weighted by atomic mass is 16.3. The zero-order valence-electron chi connectivity index (χ0n) is 9.33. The van der Waals surface area contributed by atoms with E-state index in [0.717, 1.165) is 11.1 Å². The predicted octanol–water partition coefficient (Wildman–Crippen LogP) is 2.71. The molecule has 0 aromatic heterocycles. The van der Waals surface area contributed by atoms with E-state index >= 15 is 0 Å². The summed E-state index contributed by atoms with van der Waals surface area (Å²) in [6.07, 6.45) is 0. The van der Waals surface area contributed by atoms with Crippen LogP contribution in [0.4, 0.5) is 0 Å². The number of benzene rings is 1. The van der Waals surface area contributed by atoms with Crippen molar-refractivity contribution in [3.05, 3.63) is 29.3 Å². The van der Waals surface area contributed by atoms with E-state index in [2.05, 4.69) is 13.8 Å². The van der Waals surface area contributed by atoms with Gasteiger partial charge in [0.25, 0.3) is 0 Å². The maximum atomic E-state index is 9.80. The van der Waals surface area contributed by atoms with Crippen molar-refractivity contribution in [3.63, 3.8) is 0 Å². The standard InChI is InChI=1S/C12H19NO/c1-8(2)9-5-6-10(11(14)7-9)12(3,4)13/h5-8,14H,13H2,1-4H3. The van der Waals surface area contributed by atoms with E-state index in [1.807, 2.05) is 26.0 Å². The number of rotatable bonds is 2. The third-order valence-corrected chi connectivity index (χ3v) is 2.38. The molecule has 0 aliphatic rings. The fraction of sp³-hybridized carbons (Fsp3) is 0.500. The average Bonchev–Trinajstić information content (AvgIpc) is 2.01. The van der Waals surface area contributed by atoms with E-state index in [1.165, 1.54) is 0 Å². The molecule has 0 unspecified atom stereocenters. The highest BCUT2D eigenvalue weighted by Gasteiger charge is 2.18. The first-order valence-electron chi connectivity index (χ1n) is 4.94. The Morgan fingerprint density at radius 1 is 1.29 bits per heavy atom. The maximum absolute atomic E-state index is 9.80. The highest BCUT2D eigenvalue weighted by molar-refractivity contribution is 5.41. The summed E-state index contributed by atoms with van der Waals surface area (Å²) in [5.74, 6) is 0.722. The molecule has 0 heterocycles. The maximum Gasteiger partial charge on any atom is 0.120 e. The number of nitrogens with two attached hydrogens (primary N) is 1. The summed E-state index contributed by atoms with van der Waals surface area (Å²) in [5, 5.41) is 9.80. The first kappa shape index (κ1) is 11.1. The summed E-state index contributed by atoms with van der Waals surface area (Å²) < 4.78 is 0. The van der Waals surface area contributed by atoms with E-state index in [0.29, 0.717) is 11.7 Å². The third kappa shape index (κ3) is 2.26. The molecule has 0 bridgehead atoms. The second-order valence-electron chi connectivity index (χ2n) is 4.65. The van der Waals surface area contributed by atoms with Gasteiger partial charge in [0.05, 0.1) is 0 Å². The highest BCUT2D eigenvalue weighted by Crippen LogP contribution is 2.29. The van der Waals surface area contributed by atoms with Crippen molar-refractivity contribution >= 4 is 0 Å². The molecule has 0 spiro atoms. The summed E-state index contributed by atoms with van der Waals surface area (Å²) in [5.41, 5.74) is 7.37. The largest absolute Gasteiger partial charge is 0.508 e. The van der Waals surface area contributed by atoms with Crippen LogP contribution in [0, 0.1) is 0 Å². The van der Waals surface area contributed by atoms with Crippen molar-refractivity contribution in [2.24, 2.45) is 5.73 Å². The van der Waals surface area contributed by atoms with E-state index in [9.17, 15) is 5.11 Å². The number of hydrogen-bond donors (Lipinski definition) is 2. The van der Waals surface area contributed by atoms with Crippen molar-refractivity contribution in [1.29, 1.82) is 0 Å². The molecule has 0 radical (unpaired) electrons. The third-order valence-electron chi connectivity index (χ3n) is 2.38. The minimum atomic E-state index is -0.487. The van der Waals surface area contributed by atoms with Crippen molar-refractivity contribution < 1.29 is 5.11 Å². The SMILES string of the molecule is CC(C)c1ccc(C(C)(C)N)c(O)c1. The molecule has 0 fully saturated rings. The lowest BCUT2D eigenvalue weighted by molar-refractivity contribution is 0.439. The van der Waals surface area contributed by atoms with Gasteiger partial charge in [-0.15, -0.1) is 0 Å². The molecular formula is C12H19NO. The molecule has 0 atom stereocenters. The molecule has 0 saturated heterocycles. The number of phenolic OH excluding ortho intramolecular Hbond substituents is 1. The van der Waals surface area contributed by atoms with Gasteiger partial charge in [0, 0.05) is 11.1 Å². The normalized spacial score (nSPS) is 12.1. The molecule has 0 aliphatic heterocycles. The first-order valence-corrected chi connectivity index (χ1v) is 4.94. The van der Waals surface area contributed by atoms with Gasteiger partial charge in [-0.05, 0) is 31.4 Å². The summed E-state index contributed by atoms with van der Waals surface area (Å²) in [7, 11) is 0. The first-order chi connectivity index (χ1) is 6.32. The monoisotopic (exact) mass is 193 g/mol. The molecule has 2 nitrogen and oxygen atoms in total. The van der Waals surface area contributed by atoms with Gasteiger partial charge >= 0.3 is 0 Å². The van der Waals surface area contributed by atoms with Crippen LogP contribution in [-0.4, -0.2) is 5.11 Å². The topological polar surface area (TPSA) is 46.2 Å². The summed E-state index contributed by atoms with van der Waals surface area (Å²) >= 11 is 0. The molecule has 0 amide bonds. The zero-order valence-corrected chi connectivity index (χ0v) is 9.33. The van der Waals surface area contributed by atoms with Crippen LogP contribution in [0.1, 0.15) is 44.7 Å². The molecular weight excluding hydrogens is 174 g/mol.